The molecule has 0 aliphatic carbocycles. The second kappa shape index (κ2) is 3.24. The molecule has 1 aromatic carbocycles. The second-order valence-electron chi connectivity index (χ2n) is 3.42. The third-order valence-corrected chi connectivity index (χ3v) is 3.40. The van der Waals surface area contributed by atoms with Crippen LogP contribution in [-0.4, -0.2) is 16.1 Å². The van der Waals surface area contributed by atoms with Gasteiger partial charge in [0.15, 0.2) is 0 Å². The zero-order valence-corrected chi connectivity index (χ0v) is 8.99. The van der Waals surface area contributed by atoms with Gasteiger partial charge < -0.3 is 5.73 Å². The molecule has 3 rings (SSSR count). The normalized spacial score (nSPS) is 11.0. The topological polar surface area (TPSA) is 68.9 Å². The molecule has 16 heavy (non-hydrogen) atoms. The number of carbonyl (C=O) groups is 1. The number of nitrogens with two attached hydrogens (primary N) is 1. The van der Waals surface area contributed by atoms with E-state index in [1.807, 2.05) is 11.4 Å². The van der Waals surface area contributed by atoms with E-state index in [1.165, 1.54) is 11.3 Å². The van der Waals surface area contributed by atoms with E-state index in [-0.39, 0.29) is 0 Å². The van der Waals surface area contributed by atoms with Crippen LogP contribution in [0.4, 0.5) is 0 Å². The van der Waals surface area contributed by atoms with E-state index in [4.69, 9.17) is 5.73 Å². The Morgan fingerprint density at radius 2 is 2.19 bits per heavy atom. The van der Waals surface area contributed by atoms with Gasteiger partial charge in [-0.2, -0.15) is 5.10 Å². The van der Waals surface area contributed by atoms with Gasteiger partial charge in [0.25, 0.3) is 0 Å². The molecule has 2 aliphatic rings. The molecule has 0 radical (unpaired) electrons. The first-order chi connectivity index (χ1) is 7.77. The Kier molecular flexibility index (Phi) is 1.87. The van der Waals surface area contributed by atoms with Gasteiger partial charge in [-0.05, 0) is 6.07 Å². The predicted octanol–water partition coefficient (Wildman–Crippen LogP) is 1.90. The Bertz CT molecular complexity index is 661. The number of fused-ring (bicyclic) bond motifs is 3. The minimum atomic E-state index is -0.420. The zero-order chi connectivity index (χ0) is 11.1. The van der Waals surface area contributed by atoms with Crippen molar-refractivity contribution in [3.8, 4) is 10.6 Å². The zero-order valence-electron chi connectivity index (χ0n) is 8.18. The summed E-state index contributed by atoms with van der Waals surface area (Å²) in [7, 11) is 0. The Labute approximate surface area is 95.1 Å². The van der Waals surface area contributed by atoms with Gasteiger partial charge in [-0.1, -0.05) is 12.1 Å². The van der Waals surface area contributed by atoms with E-state index in [2.05, 4.69) is 10.2 Å². The molecule has 2 heterocycles. The van der Waals surface area contributed by atoms with Gasteiger partial charge in [0.05, 0.1) is 11.1 Å². The van der Waals surface area contributed by atoms with Crippen LogP contribution < -0.4 is 5.73 Å². The van der Waals surface area contributed by atoms with Crippen molar-refractivity contribution in [2.24, 2.45) is 5.73 Å². The largest absolute Gasteiger partial charge is 0.366 e. The molecule has 0 saturated heterocycles. The van der Waals surface area contributed by atoms with Gasteiger partial charge in [-0.15, -0.1) is 16.4 Å². The summed E-state index contributed by atoms with van der Waals surface area (Å²) >= 11 is 1.51. The molecule has 0 bridgehead atoms. The van der Waals surface area contributed by atoms with Crippen molar-refractivity contribution in [3.05, 3.63) is 35.3 Å². The molecule has 0 atom stereocenters. The van der Waals surface area contributed by atoms with E-state index in [0.29, 0.717) is 5.56 Å². The van der Waals surface area contributed by atoms with Crippen molar-refractivity contribution in [1.82, 2.24) is 10.2 Å². The minimum absolute atomic E-state index is 0.420. The average Bonchev–Trinajstić information content (AvgIpc) is 2.76. The van der Waals surface area contributed by atoms with Crippen LogP contribution in [0.3, 0.4) is 0 Å². The van der Waals surface area contributed by atoms with Crippen LogP contribution in [0.2, 0.25) is 0 Å². The smallest absolute Gasteiger partial charge is 0.249 e. The lowest BCUT2D eigenvalue weighted by Gasteiger charge is -2.05. The molecule has 0 spiro atoms. The van der Waals surface area contributed by atoms with Crippen molar-refractivity contribution in [1.29, 1.82) is 0 Å². The highest BCUT2D eigenvalue weighted by molar-refractivity contribution is 7.14. The van der Waals surface area contributed by atoms with Gasteiger partial charge in [-0.25, -0.2) is 0 Å². The first-order valence-corrected chi connectivity index (χ1v) is 5.57. The molecule has 0 saturated carbocycles. The van der Waals surface area contributed by atoms with Gasteiger partial charge in [-0.3, -0.25) is 4.79 Å². The van der Waals surface area contributed by atoms with Gasteiger partial charge >= 0.3 is 0 Å². The number of amides is 1. The van der Waals surface area contributed by atoms with Crippen LogP contribution in [0.5, 0.6) is 0 Å². The van der Waals surface area contributed by atoms with Crippen LogP contribution in [0.25, 0.3) is 21.3 Å². The highest BCUT2D eigenvalue weighted by Crippen LogP contribution is 2.33. The summed E-state index contributed by atoms with van der Waals surface area (Å²) in [4.78, 5) is 12.3. The van der Waals surface area contributed by atoms with Crippen LogP contribution >= 0.6 is 11.3 Å². The summed E-state index contributed by atoms with van der Waals surface area (Å²) < 4.78 is 0. The lowest BCUT2D eigenvalue weighted by atomic mass is 10.1. The second-order valence-corrected chi connectivity index (χ2v) is 4.34. The van der Waals surface area contributed by atoms with Gasteiger partial charge in [0.2, 0.25) is 5.91 Å². The van der Waals surface area contributed by atoms with Crippen molar-refractivity contribution in [3.63, 3.8) is 0 Å². The van der Waals surface area contributed by atoms with Gasteiger partial charge in [0, 0.05) is 21.7 Å². The molecule has 0 aromatic heterocycles. The summed E-state index contributed by atoms with van der Waals surface area (Å²) in [5, 5.41) is 11.6. The summed E-state index contributed by atoms with van der Waals surface area (Å²) in [5.41, 5.74) is 6.68. The Morgan fingerprint density at radius 3 is 3.00 bits per heavy atom. The Morgan fingerprint density at radius 1 is 1.31 bits per heavy atom. The SMILES string of the molecule is NC(=O)c1cccc2c3nncc-3scc12. The van der Waals surface area contributed by atoms with E-state index in [9.17, 15) is 4.79 Å². The maximum absolute atomic E-state index is 11.3. The number of nitrogens with zero attached hydrogens (tertiary/aromatic N) is 2. The van der Waals surface area contributed by atoms with Crippen LogP contribution in [0.15, 0.2) is 29.8 Å². The maximum atomic E-state index is 11.3. The van der Waals surface area contributed by atoms with E-state index in [1.54, 1.807) is 18.3 Å². The summed E-state index contributed by atoms with van der Waals surface area (Å²) in [5.74, 6) is -0.420. The number of hydrogen-bond acceptors (Lipinski definition) is 4. The Balaban J connectivity index is 2.49. The van der Waals surface area contributed by atoms with E-state index in [0.717, 1.165) is 21.3 Å². The summed E-state index contributed by atoms with van der Waals surface area (Å²) in [6.45, 7) is 0. The third kappa shape index (κ3) is 1.18. The fourth-order valence-corrected chi connectivity index (χ4v) is 2.63. The lowest BCUT2D eigenvalue weighted by Crippen LogP contribution is -2.11. The predicted molar refractivity (Wildman–Crippen MR) is 62.6 cm³/mol. The number of rotatable bonds is 1. The number of carbonyl (C=O) groups excluding carboxylic acids is 1. The fourth-order valence-electron chi connectivity index (χ4n) is 1.76. The maximum Gasteiger partial charge on any atom is 0.249 e. The van der Waals surface area contributed by atoms with Crippen LogP contribution in [-0.2, 0) is 0 Å². The number of aromatic nitrogens is 2. The van der Waals surface area contributed by atoms with Crippen molar-refractivity contribution >= 4 is 28.0 Å². The van der Waals surface area contributed by atoms with E-state index >= 15 is 0 Å². The highest BCUT2D eigenvalue weighted by atomic mass is 32.1. The molecule has 1 aromatic rings. The van der Waals surface area contributed by atoms with Gasteiger partial charge in [0.1, 0.15) is 5.69 Å². The molecule has 0 fully saturated rings. The van der Waals surface area contributed by atoms with Crippen LogP contribution in [0, 0.1) is 0 Å². The monoisotopic (exact) mass is 229 g/mol. The summed E-state index contributed by atoms with van der Waals surface area (Å²) in [6, 6.07) is 5.45. The van der Waals surface area contributed by atoms with Crippen LogP contribution in [0.1, 0.15) is 10.4 Å². The highest BCUT2D eigenvalue weighted by Gasteiger charge is 2.14. The first-order valence-electron chi connectivity index (χ1n) is 4.69. The first kappa shape index (κ1) is 9.23. The van der Waals surface area contributed by atoms with E-state index < -0.39 is 5.91 Å². The molecule has 2 N–H and O–H groups in total. The number of hydrogen-bond donors (Lipinski definition) is 1. The number of primary amides is 1. The Hall–Kier alpha value is -2.01. The lowest BCUT2D eigenvalue weighted by molar-refractivity contribution is 0.100. The van der Waals surface area contributed by atoms with Crippen molar-refractivity contribution in [2.45, 2.75) is 0 Å². The molecule has 2 aliphatic heterocycles. The summed E-state index contributed by atoms with van der Waals surface area (Å²) in [6.07, 6.45) is 1.72. The fraction of sp³-hybridized carbons (Fsp3) is 0. The minimum Gasteiger partial charge on any atom is -0.366 e. The quantitative estimate of drug-likeness (QED) is 0.692. The third-order valence-electron chi connectivity index (χ3n) is 2.50. The standard InChI is InChI=1S/C11H7N3OS/c12-11(15)7-3-1-2-6-8(7)5-16-9-4-13-14-10(6)9/h1-5H,(H2,12,15). The molecular formula is C11H7N3OS. The molecule has 0 unspecified atom stereocenters. The molecular weight excluding hydrogens is 222 g/mol. The average molecular weight is 229 g/mol. The molecule has 5 heteroatoms. The molecule has 1 amide bonds. The number of benzene rings is 1. The molecule has 4 nitrogen and oxygen atoms in total. The van der Waals surface area contributed by atoms with Crippen molar-refractivity contribution < 1.29 is 4.79 Å². The van der Waals surface area contributed by atoms with Crippen molar-refractivity contribution in [2.75, 3.05) is 0 Å². The molecule has 78 valence electrons.